The van der Waals surface area contributed by atoms with Gasteiger partial charge in [0, 0.05) is 24.8 Å². The average molecular weight is 263 g/mol. The van der Waals surface area contributed by atoms with E-state index >= 15 is 0 Å². The molecule has 100 valence electrons. The van der Waals surface area contributed by atoms with Crippen molar-refractivity contribution in [1.29, 1.82) is 0 Å². The zero-order chi connectivity index (χ0) is 13.4. The van der Waals surface area contributed by atoms with E-state index in [2.05, 4.69) is 10.4 Å². The normalized spacial score (nSPS) is 14.9. The molecule has 1 saturated carbocycles. The van der Waals surface area contributed by atoms with Gasteiger partial charge in [0.1, 0.15) is 17.3 Å². The van der Waals surface area contributed by atoms with Crippen LogP contribution in [-0.4, -0.2) is 15.8 Å². The Morgan fingerprint density at radius 2 is 2.11 bits per heavy atom. The summed E-state index contributed by atoms with van der Waals surface area (Å²) in [5.41, 5.74) is 1.26. The van der Waals surface area contributed by atoms with E-state index in [1.54, 1.807) is 6.20 Å². The Balaban J connectivity index is 1.83. The van der Waals surface area contributed by atoms with Gasteiger partial charge in [0.05, 0.1) is 5.69 Å². The molecule has 1 aliphatic rings. The number of nitrogens with zero attached hydrogens (tertiary/aromatic N) is 2. The Hall–Kier alpha value is -1.75. The molecule has 2 aromatic rings. The molecule has 3 rings (SSSR count). The molecule has 0 amide bonds. The highest BCUT2D eigenvalue weighted by Gasteiger charge is 2.20. The standard InChI is InChI=1S/C14H15F2N3/c1-9-6-13(16)14(7-12(9)15)19-5-4-11(18-19)8-17-10-2-3-10/h4-7,10,17H,2-3,8H2,1H3. The van der Waals surface area contributed by atoms with Gasteiger partial charge in [-0.25, -0.2) is 13.5 Å². The van der Waals surface area contributed by atoms with Crippen LogP contribution in [0.15, 0.2) is 24.4 Å². The lowest BCUT2D eigenvalue weighted by molar-refractivity contribution is 0.578. The summed E-state index contributed by atoms with van der Waals surface area (Å²) in [6.07, 6.45) is 4.06. The monoisotopic (exact) mass is 263 g/mol. The molecule has 0 bridgehead atoms. The molecule has 1 aliphatic carbocycles. The van der Waals surface area contributed by atoms with Gasteiger partial charge in [0.15, 0.2) is 0 Å². The minimum absolute atomic E-state index is 0.140. The number of hydrogen-bond acceptors (Lipinski definition) is 2. The van der Waals surface area contributed by atoms with Gasteiger partial charge in [0.2, 0.25) is 0 Å². The Morgan fingerprint density at radius 3 is 2.84 bits per heavy atom. The largest absolute Gasteiger partial charge is 0.308 e. The number of aromatic nitrogens is 2. The van der Waals surface area contributed by atoms with E-state index in [4.69, 9.17) is 0 Å². The number of rotatable bonds is 4. The van der Waals surface area contributed by atoms with E-state index in [0.29, 0.717) is 18.2 Å². The molecule has 0 atom stereocenters. The molecule has 0 spiro atoms. The van der Waals surface area contributed by atoms with Crippen LogP contribution in [0.1, 0.15) is 24.1 Å². The molecule has 1 heterocycles. The highest BCUT2D eigenvalue weighted by atomic mass is 19.1. The van der Waals surface area contributed by atoms with Crippen LogP contribution in [0, 0.1) is 18.6 Å². The molecule has 1 fully saturated rings. The third kappa shape index (κ3) is 2.66. The second-order valence-corrected chi connectivity index (χ2v) is 4.96. The van der Waals surface area contributed by atoms with Crippen molar-refractivity contribution in [3.63, 3.8) is 0 Å². The van der Waals surface area contributed by atoms with E-state index in [9.17, 15) is 8.78 Å². The molecule has 0 radical (unpaired) electrons. The molecular formula is C14H15F2N3. The Morgan fingerprint density at radius 1 is 1.32 bits per heavy atom. The third-order valence-corrected chi connectivity index (χ3v) is 3.27. The Kier molecular flexibility index (Phi) is 3.06. The Bertz CT molecular complexity index is 603. The van der Waals surface area contributed by atoms with Crippen molar-refractivity contribution >= 4 is 0 Å². The van der Waals surface area contributed by atoms with Crippen LogP contribution in [0.3, 0.4) is 0 Å². The topological polar surface area (TPSA) is 29.9 Å². The van der Waals surface area contributed by atoms with E-state index in [0.717, 1.165) is 5.69 Å². The smallest absolute Gasteiger partial charge is 0.149 e. The van der Waals surface area contributed by atoms with Gasteiger partial charge in [-0.1, -0.05) is 0 Å². The number of hydrogen-bond donors (Lipinski definition) is 1. The van der Waals surface area contributed by atoms with Crippen molar-refractivity contribution < 1.29 is 8.78 Å². The Labute approximate surface area is 110 Å². The SMILES string of the molecule is Cc1cc(F)c(-n2ccc(CNC3CC3)n2)cc1F. The summed E-state index contributed by atoms with van der Waals surface area (Å²) in [6.45, 7) is 2.20. The van der Waals surface area contributed by atoms with Crippen molar-refractivity contribution in [3.05, 3.63) is 47.3 Å². The lowest BCUT2D eigenvalue weighted by Gasteiger charge is -2.05. The minimum Gasteiger partial charge on any atom is -0.308 e. The maximum atomic E-state index is 13.8. The lowest BCUT2D eigenvalue weighted by Crippen LogP contribution is -2.15. The van der Waals surface area contributed by atoms with Crippen LogP contribution in [0.2, 0.25) is 0 Å². The number of benzene rings is 1. The molecule has 0 unspecified atom stereocenters. The van der Waals surface area contributed by atoms with Crippen molar-refractivity contribution in [3.8, 4) is 5.69 Å². The number of aryl methyl sites for hydroxylation is 1. The third-order valence-electron chi connectivity index (χ3n) is 3.27. The summed E-state index contributed by atoms with van der Waals surface area (Å²) in [7, 11) is 0. The van der Waals surface area contributed by atoms with Crippen molar-refractivity contribution in [2.45, 2.75) is 32.4 Å². The average Bonchev–Trinajstić information content (AvgIpc) is 3.09. The molecule has 1 aromatic heterocycles. The van der Waals surface area contributed by atoms with Crippen LogP contribution in [0.4, 0.5) is 8.78 Å². The van der Waals surface area contributed by atoms with Gasteiger partial charge < -0.3 is 5.32 Å². The molecule has 0 saturated heterocycles. The first-order valence-electron chi connectivity index (χ1n) is 6.37. The van der Waals surface area contributed by atoms with Gasteiger partial charge in [-0.15, -0.1) is 0 Å². The van der Waals surface area contributed by atoms with E-state index < -0.39 is 11.6 Å². The first kappa shape index (κ1) is 12.3. The molecule has 3 nitrogen and oxygen atoms in total. The van der Waals surface area contributed by atoms with Crippen molar-refractivity contribution in [2.75, 3.05) is 0 Å². The number of nitrogens with one attached hydrogen (secondary N) is 1. The summed E-state index contributed by atoms with van der Waals surface area (Å²) in [5.74, 6) is -0.895. The van der Waals surface area contributed by atoms with Crippen molar-refractivity contribution in [2.24, 2.45) is 0 Å². The molecule has 1 N–H and O–H groups in total. The maximum Gasteiger partial charge on any atom is 0.149 e. The predicted molar refractivity (Wildman–Crippen MR) is 68.1 cm³/mol. The van der Waals surface area contributed by atoms with Crippen LogP contribution in [-0.2, 0) is 6.54 Å². The highest BCUT2D eigenvalue weighted by molar-refractivity contribution is 5.36. The van der Waals surface area contributed by atoms with Crippen molar-refractivity contribution in [1.82, 2.24) is 15.1 Å². The van der Waals surface area contributed by atoms with Crippen LogP contribution < -0.4 is 5.32 Å². The van der Waals surface area contributed by atoms with Gasteiger partial charge in [0.25, 0.3) is 0 Å². The molecule has 0 aliphatic heterocycles. The number of halogens is 2. The lowest BCUT2D eigenvalue weighted by atomic mass is 10.2. The molecule has 5 heteroatoms. The first-order valence-corrected chi connectivity index (χ1v) is 6.37. The summed E-state index contributed by atoms with van der Waals surface area (Å²) in [6, 6.07) is 4.77. The zero-order valence-electron chi connectivity index (χ0n) is 10.7. The fourth-order valence-electron chi connectivity index (χ4n) is 1.94. The quantitative estimate of drug-likeness (QED) is 0.919. The van der Waals surface area contributed by atoms with Gasteiger partial charge in [-0.2, -0.15) is 5.10 Å². The summed E-state index contributed by atoms with van der Waals surface area (Å²) in [5, 5.41) is 7.59. The fourth-order valence-corrected chi connectivity index (χ4v) is 1.94. The van der Waals surface area contributed by atoms with Gasteiger partial charge in [-0.05, 0) is 37.5 Å². The van der Waals surface area contributed by atoms with Gasteiger partial charge >= 0.3 is 0 Å². The predicted octanol–water partition coefficient (Wildman–Crippen LogP) is 2.71. The minimum atomic E-state index is -0.469. The second kappa shape index (κ2) is 4.74. The van der Waals surface area contributed by atoms with E-state index in [1.165, 1.54) is 36.6 Å². The van der Waals surface area contributed by atoms with Crippen LogP contribution >= 0.6 is 0 Å². The summed E-state index contributed by atoms with van der Waals surface area (Å²) in [4.78, 5) is 0. The summed E-state index contributed by atoms with van der Waals surface area (Å²) >= 11 is 0. The highest BCUT2D eigenvalue weighted by Crippen LogP contribution is 2.20. The van der Waals surface area contributed by atoms with Gasteiger partial charge in [-0.3, -0.25) is 0 Å². The summed E-state index contributed by atoms with van der Waals surface area (Å²) < 4.78 is 28.7. The van der Waals surface area contributed by atoms with E-state index in [-0.39, 0.29) is 5.69 Å². The van der Waals surface area contributed by atoms with Crippen LogP contribution in [0.5, 0.6) is 0 Å². The zero-order valence-corrected chi connectivity index (χ0v) is 10.7. The first-order chi connectivity index (χ1) is 9.13. The van der Waals surface area contributed by atoms with E-state index in [1.807, 2.05) is 6.07 Å². The van der Waals surface area contributed by atoms with Crippen LogP contribution in [0.25, 0.3) is 5.69 Å². The second-order valence-electron chi connectivity index (χ2n) is 4.96. The fraction of sp³-hybridized carbons (Fsp3) is 0.357. The molecule has 1 aromatic carbocycles. The maximum absolute atomic E-state index is 13.8. The molecular weight excluding hydrogens is 248 g/mol. The molecule has 19 heavy (non-hydrogen) atoms.